The van der Waals surface area contributed by atoms with Gasteiger partial charge in [0.15, 0.2) is 0 Å². The molecule has 0 fully saturated rings. The molecule has 0 saturated heterocycles. The summed E-state index contributed by atoms with van der Waals surface area (Å²) in [4.78, 5) is 22.7. The molecule has 0 spiro atoms. The molecule has 0 heterocycles. The largest absolute Gasteiger partial charge is 0.508 e. The third-order valence-corrected chi connectivity index (χ3v) is 2.96. The van der Waals surface area contributed by atoms with Crippen molar-refractivity contribution in [1.82, 2.24) is 0 Å². The number of aromatic hydroxyl groups is 1. The molecule has 6 heteroatoms. The highest BCUT2D eigenvalue weighted by atomic mass is 16.6. The Hall–Kier alpha value is -2.24. The van der Waals surface area contributed by atoms with E-state index in [2.05, 4.69) is 5.32 Å². The number of phenols is 1. The third-order valence-electron chi connectivity index (χ3n) is 2.96. The molecular formula is C16H23NO5. The maximum absolute atomic E-state index is 11.8. The van der Waals surface area contributed by atoms with Crippen molar-refractivity contribution < 1.29 is 24.5 Å². The number of hydrogen-bond acceptors (Lipinski definition) is 4. The molecule has 0 aliphatic heterocycles. The van der Waals surface area contributed by atoms with Gasteiger partial charge in [-0.05, 0) is 39.0 Å². The highest BCUT2D eigenvalue weighted by molar-refractivity contribution is 5.85. The van der Waals surface area contributed by atoms with Gasteiger partial charge >= 0.3 is 12.1 Å². The summed E-state index contributed by atoms with van der Waals surface area (Å²) in [6, 6.07) is 4.51. The minimum Gasteiger partial charge on any atom is -0.508 e. The molecule has 3 N–H and O–H groups in total. The van der Waals surface area contributed by atoms with Crippen LogP contribution in [-0.4, -0.2) is 27.9 Å². The minimum absolute atomic E-state index is 0.0130. The first kappa shape index (κ1) is 17.8. The van der Waals surface area contributed by atoms with Crippen molar-refractivity contribution in [2.24, 2.45) is 0 Å². The summed E-state index contributed by atoms with van der Waals surface area (Å²) in [7, 11) is 0. The normalized spacial score (nSPS) is 11.9. The van der Waals surface area contributed by atoms with Crippen LogP contribution in [-0.2, 0) is 14.9 Å². The molecule has 0 unspecified atom stereocenters. The molecule has 1 aromatic rings. The number of ether oxygens (including phenoxy) is 1. The van der Waals surface area contributed by atoms with Crippen LogP contribution >= 0.6 is 0 Å². The molecule has 0 saturated carbocycles. The maximum atomic E-state index is 11.8. The van der Waals surface area contributed by atoms with E-state index in [1.54, 1.807) is 40.7 Å². The molecule has 22 heavy (non-hydrogen) atoms. The predicted molar refractivity (Wildman–Crippen MR) is 83.2 cm³/mol. The van der Waals surface area contributed by atoms with Gasteiger partial charge in [0, 0.05) is 16.7 Å². The Morgan fingerprint density at radius 2 is 1.77 bits per heavy atom. The van der Waals surface area contributed by atoms with Crippen LogP contribution in [0.5, 0.6) is 5.75 Å². The van der Waals surface area contributed by atoms with Crippen LogP contribution < -0.4 is 5.32 Å². The van der Waals surface area contributed by atoms with Gasteiger partial charge in [-0.25, -0.2) is 4.79 Å². The van der Waals surface area contributed by atoms with Crippen LogP contribution in [0.1, 0.15) is 46.6 Å². The number of phenolic OH excluding ortho intramolecular Hbond substituents is 1. The predicted octanol–water partition coefficient (Wildman–Crippen LogP) is 3.49. The van der Waals surface area contributed by atoms with Gasteiger partial charge in [-0.3, -0.25) is 10.1 Å². The Morgan fingerprint density at radius 1 is 1.18 bits per heavy atom. The molecule has 1 amide bonds. The Morgan fingerprint density at radius 3 is 2.27 bits per heavy atom. The first-order valence-corrected chi connectivity index (χ1v) is 6.96. The standard InChI is InChI=1S/C16H23NO5/c1-15(2,3)22-14(21)17-10-6-7-12(18)11(8-10)16(4,5)9-13(19)20/h6-8,18H,9H2,1-5H3,(H,17,21)(H,19,20). The van der Waals surface area contributed by atoms with E-state index in [0.717, 1.165) is 0 Å². The number of carboxylic acids is 1. The van der Waals surface area contributed by atoms with Crippen molar-refractivity contribution in [3.63, 3.8) is 0 Å². The van der Waals surface area contributed by atoms with Crippen molar-refractivity contribution in [3.05, 3.63) is 23.8 Å². The minimum atomic E-state index is -0.963. The highest BCUT2D eigenvalue weighted by Crippen LogP contribution is 2.35. The fraction of sp³-hybridized carbons (Fsp3) is 0.500. The maximum Gasteiger partial charge on any atom is 0.412 e. The molecule has 0 aromatic heterocycles. The fourth-order valence-corrected chi connectivity index (χ4v) is 2.05. The lowest BCUT2D eigenvalue weighted by Gasteiger charge is -2.25. The molecule has 1 aromatic carbocycles. The average molecular weight is 309 g/mol. The van der Waals surface area contributed by atoms with Gasteiger partial charge in [-0.15, -0.1) is 0 Å². The highest BCUT2D eigenvalue weighted by Gasteiger charge is 2.27. The molecule has 0 radical (unpaired) electrons. The topological polar surface area (TPSA) is 95.9 Å². The van der Waals surface area contributed by atoms with Gasteiger partial charge in [0.05, 0.1) is 6.42 Å². The molecule has 0 bridgehead atoms. The van der Waals surface area contributed by atoms with Crippen LogP contribution in [0.4, 0.5) is 10.5 Å². The first-order chi connectivity index (χ1) is 9.90. The van der Waals surface area contributed by atoms with Gasteiger partial charge in [0.1, 0.15) is 11.4 Å². The first-order valence-electron chi connectivity index (χ1n) is 6.96. The molecule has 0 aliphatic carbocycles. The molecular weight excluding hydrogens is 286 g/mol. The number of rotatable bonds is 4. The van der Waals surface area contributed by atoms with E-state index < -0.39 is 23.1 Å². The van der Waals surface area contributed by atoms with Crippen molar-refractivity contribution in [2.45, 2.75) is 52.1 Å². The van der Waals surface area contributed by atoms with E-state index >= 15 is 0 Å². The lowest BCUT2D eigenvalue weighted by molar-refractivity contribution is -0.138. The molecule has 1 rings (SSSR count). The number of amides is 1. The average Bonchev–Trinajstić information content (AvgIpc) is 2.27. The SMILES string of the molecule is CC(C)(C)OC(=O)Nc1ccc(O)c(C(C)(C)CC(=O)O)c1. The molecule has 6 nitrogen and oxygen atoms in total. The summed E-state index contributed by atoms with van der Waals surface area (Å²) >= 11 is 0. The van der Waals surface area contributed by atoms with Crippen LogP contribution in [0.25, 0.3) is 0 Å². The summed E-state index contributed by atoms with van der Waals surface area (Å²) < 4.78 is 5.16. The van der Waals surface area contributed by atoms with Crippen LogP contribution in [0.2, 0.25) is 0 Å². The Kier molecular flexibility index (Phi) is 5.06. The van der Waals surface area contributed by atoms with Crippen LogP contribution in [0, 0.1) is 0 Å². The molecule has 122 valence electrons. The summed E-state index contributed by atoms with van der Waals surface area (Å²) in [6.07, 6.45) is -0.753. The van der Waals surface area contributed by atoms with E-state index in [1.807, 2.05) is 0 Å². The van der Waals surface area contributed by atoms with E-state index in [-0.39, 0.29) is 12.2 Å². The number of aliphatic carboxylic acids is 1. The number of carboxylic acid groups (broad SMARTS) is 1. The summed E-state index contributed by atoms with van der Waals surface area (Å²) in [5.41, 5.74) is -0.516. The molecule has 0 atom stereocenters. The fourth-order valence-electron chi connectivity index (χ4n) is 2.05. The van der Waals surface area contributed by atoms with Crippen molar-refractivity contribution >= 4 is 17.7 Å². The zero-order chi connectivity index (χ0) is 17.1. The van der Waals surface area contributed by atoms with E-state index in [1.165, 1.54) is 12.1 Å². The summed E-state index contributed by atoms with van der Waals surface area (Å²) in [6.45, 7) is 8.70. The number of anilines is 1. The summed E-state index contributed by atoms with van der Waals surface area (Å²) in [5, 5.41) is 21.5. The van der Waals surface area contributed by atoms with Crippen molar-refractivity contribution in [2.75, 3.05) is 5.32 Å². The Labute approximate surface area is 130 Å². The number of nitrogens with one attached hydrogen (secondary N) is 1. The Balaban J connectivity index is 3.00. The smallest absolute Gasteiger partial charge is 0.412 e. The number of benzene rings is 1. The zero-order valence-corrected chi connectivity index (χ0v) is 13.6. The van der Waals surface area contributed by atoms with Crippen molar-refractivity contribution in [3.8, 4) is 5.75 Å². The number of hydrogen-bond donors (Lipinski definition) is 3. The van der Waals surface area contributed by atoms with Gasteiger partial charge in [-0.1, -0.05) is 13.8 Å². The van der Waals surface area contributed by atoms with Gasteiger partial charge in [0.2, 0.25) is 0 Å². The van der Waals surface area contributed by atoms with E-state index in [9.17, 15) is 14.7 Å². The summed E-state index contributed by atoms with van der Waals surface area (Å²) in [5.74, 6) is -0.976. The van der Waals surface area contributed by atoms with Crippen LogP contribution in [0.3, 0.4) is 0 Å². The lowest BCUT2D eigenvalue weighted by Crippen LogP contribution is -2.27. The second-order valence-electron chi connectivity index (χ2n) is 6.81. The van der Waals surface area contributed by atoms with Crippen LogP contribution in [0.15, 0.2) is 18.2 Å². The second kappa shape index (κ2) is 6.25. The monoisotopic (exact) mass is 309 g/mol. The number of carbonyl (C=O) groups excluding carboxylic acids is 1. The number of carbonyl (C=O) groups is 2. The van der Waals surface area contributed by atoms with Gasteiger partial charge in [-0.2, -0.15) is 0 Å². The zero-order valence-electron chi connectivity index (χ0n) is 13.6. The third kappa shape index (κ3) is 5.27. The quantitative estimate of drug-likeness (QED) is 0.740. The second-order valence-corrected chi connectivity index (χ2v) is 6.81. The molecule has 0 aliphatic rings. The Bertz CT molecular complexity index is 572. The van der Waals surface area contributed by atoms with E-state index in [0.29, 0.717) is 11.3 Å². The lowest BCUT2D eigenvalue weighted by atomic mass is 9.81. The van der Waals surface area contributed by atoms with Gasteiger partial charge < -0.3 is 14.9 Å². The van der Waals surface area contributed by atoms with Crippen molar-refractivity contribution in [1.29, 1.82) is 0 Å². The van der Waals surface area contributed by atoms with Gasteiger partial charge in [0.25, 0.3) is 0 Å². The van der Waals surface area contributed by atoms with E-state index in [4.69, 9.17) is 9.84 Å².